The Morgan fingerprint density at radius 1 is 1.03 bits per heavy atom. The number of imidazole rings is 1. The van der Waals surface area contributed by atoms with Crippen LogP contribution in [0.15, 0.2) is 47.4 Å². The highest BCUT2D eigenvalue weighted by Crippen LogP contribution is 2.37. The molecular weight excluding hydrogens is 392 g/mol. The van der Waals surface area contributed by atoms with Crippen LogP contribution in [0.5, 0.6) is 11.5 Å². The number of piperidine rings is 1. The van der Waals surface area contributed by atoms with E-state index in [1.807, 2.05) is 48.0 Å². The van der Waals surface area contributed by atoms with Crippen LogP contribution >= 0.6 is 0 Å². The fourth-order valence-corrected chi connectivity index (χ4v) is 4.68. The van der Waals surface area contributed by atoms with Gasteiger partial charge >= 0.3 is 5.69 Å². The van der Waals surface area contributed by atoms with Crippen LogP contribution in [0.1, 0.15) is 24.4 Å². The van der Waals surface area contributed by atoms with Gasteiger partial charge in [-0.05, 0) is 61.0 Å². The van der Waals surface area contributed by atoms with Crippen molar-refractivity contribution in [2.75, 3.05) is 32.2 Å². The lowest BCUT2D eigenvalue weighted by Gasteiger charge is -2.34. The number of pyridine rings is 1. The highest BCUT2D eigenvalue weighted by Gasteiger charge is 2.25. The van der Waals surface area contributed by atoms with Crippen molar-refractivity contribution in [3.63, 3.8) is 0 Å². The zero-order valence-corrected chi connectivity index (χ0v) is 18.0. The summed E-state index contributed by atoms with van der Waals surface area (Å²) >= 11 is 0. The van der Waals surface area contributed by atoms with E-state index >= 15 is 0 Å². The molecule has 4 aromatic rings. The average molecular weight is 418 g/mol. The summed E-state index contributed by atoms with van der Waals surface area (Å²) in [6, 6.07) is 12.3. The summed E-state index contributed by atoms with van der Waals surface area (Å²) in [6.07, 6.45) is 3.60. The molecule has 5 rings (SSSR count). The van der Waals surface area contributed by atoms with Crippen LogP contribution < -0.4 is 20.1 Å². The quantitative estimate of drug-likeness (QED) is 0.541. The van der Waals surface area contributed by atoms with Gasteiger partial charge in [0.15, 0.2) is 11.5 Å². The normalized spacial score (nSPS) is 15.0. The van der Waals surface area contributed by atoms with Gasteiger partial charge in [-0.25, -0.2) is 9.78 Å². The van der Waals surface area contributed by atoms with E-state index in [1.54, 1.807) is 14.2 Å². The number of nitrogens with zero attached hydrogens (tertiary/aromatic N) is 3. The third-order valence-electron chi connectivity index (χ3n) is 6.25. The molecule has 1 aliphatic heterocycles. The van der Waals surface area contributed by atoms with Gasteiger partial charge in [0.25, 0.3) is 0 Å². The van der Waals surface area contributed by atoms with Gasteiger partial charge in [0, 0.05) is 30.7 Å². The molecule has 2 aromatic carbocycles. The lowest BCUT2D eigenvalue weighted by Crippen LogP contribution is -2.37. The van der Waals surface area contributed by atoms with E-state index in [2.05, 4.69) is 20.9 Å². The fourth-order valence-electron chi connectivity index (χ4n) is 4.68. The molecular formula is C24H26N4O3. The molecule has 1 fully saturated rings. The number of nitrogens with one attached hydrogen (secondary N) is 1. The zero-order valence-electron chi connectivity index (χ0n) is 18.0. The van der Waals surface area contributed by atoms with Gasteiger partial charge in [-0.15, -0.1) is 0 Å². The summed E-state index contributed by atoms with van der Waals surface area (Å²) < 4.78 is 12.9. The zero-order chi connectivity index (χ0) is 21.5. The first kappa shape index (κ1) is 19.5. The van der Waals surface area contributed by atoms with Crippen molar-refractivity contribution in [2.24, 2.45) is 0 Å². The number of benzene rings is 2. The van der Waals surface area contributed by atoms with Crippen molar-refractivity contribution in [3.05, 3.63) is 58.6 Å². The smallest absolute Gasteiger partial charge is 0.326 e. The second-order valence-corrected chi connectivity index (χ2v) is 8.10. The second-order valence-electron chi connectivity index (χ2n) is 8.10. The van der Waals surface area contributed by atoms with Gasteiger partial charge in [-0.3, -0.25) is 4.57 Å². The monoisotopic (exact) mass is 418 g/mol. The Bertz CT molecular complexity index is 1320. The van der Waals surface area contributed by atoms with Crippen molar-refractivity contribution in [2.45, 2.75) is 25.8 Å². The molecule has 0 radical (unpaired) electrons. The molecule has 0 saturated carbocycles. The number of aromatic nitrogens is 3. The fraction of sp³-hybridized carbons (Fsp3) is 0.333. The van der Waals surface area contributed by atoms with E-state index in [0.29, 0.717) is 11.5 Å². The number of rotatable bonds is 4. The Balaban J connectivity index is 1.44. The van der Waals surface area contributed by atoms with Crippen LogP contribution in [-0.4, -0.2) is 41.8 Å². The minimum atomic E-state index is -0.0285. The first-order valence-electron chi connectivity index (χ1n) is 10.6. The SMILES string of the molecule is COc1cc2ccnc(N3CCC(n4c(=O)[nH]c5cc(C)ccc54)CC3)c2cc1OC. The molecule has 0 atom stereocenters. The van der Waals surface area contributed by atoms with Gasteiger partial charge in [-0.1, -0.05) is 6.07 Å². The lowest BCUT2D eigenvalue weighted by molar-refractivity contribution is 0.356. The predicted octanol–water partition coefficient (Wildman–Crippen LogP) is 4.04. The minimum Gasteiger partial charge on any atom is -0.493 e. The molecule has 1 N–H and O–H groups in total. The number of aromatic amines is 1. The molecule has 3 heterocycles. The Morgan fingerprint density at radius 2 is 1.77 bits per heavy atom. The van der Waals surface area contributed by atoms with Gasteiger partial charge in [0.2, 0.25) is 0 Å². The summed E-state index contributed by atoms with van der Waals surface area (Å²) in [5.74, 6) is 2.35. The predicted molar refractivity (Wildman–Crippen MR) is 123 cm³/mol. The molecule has 160 valence electrons. The van der Waals surface area contributed by atoms with E-state index in [0.717, 1.165) is 59.1 Å². The van der Waals surface area contributed by atoms with Gasteiger partial charge in [0.1, 0.15) is 5.82 Å². The summed E-state index contributed by atoms with van der Waals surface area (Å²) in [5.41, 5.74) is 3.00. The van der Waals surface area contributed by atoms with Gasteiger partial charge < -0.3 is 19.4 Å². The minimum absolute atomic E-state index is 0.0285. The van der Waals surface area contributed by atoms with Gasteiger partial charge in [0.05, 0.1) is 25.3 Å². The Kier molecular flexibility index (Phi) is 4.81. The van der Waals surface area contributed by atoms with Crippen LogP contribution in [0.4, 0.5) is 5.82 Å². The maximum absolute atomic E-state index is 12.7. The van der Waals surface area contributed by atoms with Crippen LogP contribution in [0, 0.1) is 6.92 Å². The number of ether oxygens (including phenoxy) is 2. The van der Waals surface area contributed by atoms with E-state index in [9.17, 15) is 4.79 Å². The standard InChI is InChI=1S/C24H26N4O3/c1-15-4-5-20-19(12-15)26-24(29)28(20)17-7-10-27(11-8-17)23-18-14-22(31-3)21(30-2)13-16(18)6-9-25-23/h4-6,9,12-14,17H,7-8,10-11H2,1-3H3,(H,26,29). The molecule has 0 bridgehead atoms. The molecule has 0 amide bonds. The maximum atomic E-state index is 12.7. The van der Waals surface area contributed by atoms with Crippen molar-refractivity contribution in [1.82, 2.24) is 14.5 Å². The topological polar surface area (TPSA) is 72.4 Å². The largest absolute Gasteiger partial charge is 0.493 e. The van der Waals surface area contributed by atoms with Crippen LogP contribution in [0.25, 0.3) is 21.8 Å². The molecule has 1 saturated heterocycles. The number of fused-ring (bicyclic) bond motifs is 2. The molecule has 7 heteroatoms. The highest BCUT2D eigenvalue weighted by molar-refractivity contribution is 5.94. The van der Waals surface area contributed by atoms with E-state index < -0.39 is 0 Å². The first-order chi connectivity index (χ1) is 15.1. The van der Waals surface area contributed by atoms with Crippen molar-refractivity contribution in [1.29, 1.82) is 0 Å². The molecule has 2 aromatic heterocycles. The molecule has 0 unspecified atom stereocenters. The summed E-state index contributed by atoms with van der Waals surface area (Å²) in [5, 5.41) is 2.10. The molecule has 0 spiro atoms. The number of anilines is 1. The lowest BCUT2D eigenvalue weighted by atomic mass is 10.0. The van der Waals surface area contributed by atoms with Crippen LogP contribution in [0.2, 0.25) is 0 Å². The third-order valence-corrected chi connectivity index (χ3v) is 6.25. The average Bonchev–Trinajstić information content (AvgIpc) is 3.12. The van der Waals surface area contributed by atoms with E-state index in [-0.39, 0.29) is 11.7 Å². The summed E-state index contributed by atoms with van der Waals surface area (Å²) in [4.78, 5) is 22.7. The van der Waals surface area contributed by atoms with E-state index in [1.165, 1.54) is 0 Å². The molecule has 0 aliphatic carbocycles. The Hall–Kier alpha value is -3.48. The van der Waals surface area contributed by atoms with Crippen molar-refractivity contribution >= 4 is 27.6 Å². The highest BCUT2D eigenvalue weighted by atomic mass is 16.5. The molecule has 31 heavy (non-hydrogen) atoms. The molecule has 1 aliphatic rings. The number of H-pyrrole nitrogens is 1. The number of aryl methyl sites for hydroxylation is 1. The third kappa shape index (κ3) is 3.30. The number of hydrogen-bond donors (Lipinski definition) is 1. The Labute approximate surface area is 180 Å². The summed E-state index contributed by atoms with van der Waals surface area (Å²) in [7, 11) is 3.29. The molecule has 7 nitrogen and oxygen atoms in total. The van der Waals surface area contributed by atoms with E-state index in [4.69, 9.17) is 9.47 Å². The maximum Gasteiger partial charge on any atom is 0.326 e. The second kappa shape index (κ2) is 7.65. The van der Waals surface area contributed by atoms with Gasteiger partial charge in [-0.2, -0.15) is 0 Å². The Morgan fingerprint density at radius 3 is 2.52 bits per heavy atom. The van der Waals surface area contributed by atoms with Crippen LogP contribution in [-0.2, 0) is 0 Å². The van der Waals surface area contributed by atoms with Crippen LogP contribution in [0.3, 0.4) is 0 Å². The number of methoxy groups -OCH3 is 2. The van der Waals surface area contributed by atoms with Crippen molar-refractivity contribution < 1.29 is 9.47 Å². The first-order valence-corrected chi connectivity index (χ1v) is 10.6. The number of hydrogen-bond acceptors (Lipinski definition) is 5. The summed E-state index contributed by atoms with van der Waals surface area (Å²) in [6.45, 7) is 3.70. The van der Waals surface area contributed by atoms with Crippen molar-refractivity contribution in [3.8, 4) is 11.5 Å².